The number of benzene rings is 1. The molecule has 3 rings (SSSR count). The summed E-state index contributed by atoms with van der Waals surface area (Å²) >= 11 is 0. The van der Waals surface area contributed by atoms with Crippen molar-refractivity contribution >= 4 is 11.8 Å². The first-order valence-electron chi connectivity index (χ1n) is 9.04. The normalized spacial score (nSPS) is 17.9. The van der Waals surface area contributed by atoms with E-state index < -0.39 is 0 Å². The molecule has 2 amide bonds. The van der Waals surface area contributed by atoms with Gasteiger partial charge in [0.1, 0.15) is 0 Å². The summed E-state index contributed by atoms with van der Waals surface area (Å²) < 4.78 is 0. The van der Waals surface area contributed by atoms with Crippen LogP contribution in [0.2, 0.25) is 0 Å². The molecular formula is C19H27N3O2. The predicted molar refractivity (Wildman–Crippen MR) is 93.9 cm³/mol. The Morgan fingerprint density at radius 3 is 2.25 bits per heavy atom. The second kappa shape index (κ2) is 7.79. The van der Waals surface area contributed by atoms with E-state index in [2.05, 4.69) is 12.2 Å². The lowest BCUT2D eigenvalue weighted by Crippen LogP contribution is -2.52. The quantitative estimate of drug-likeness (QED) is 0.861. The summed E-state index contributed by atoms with van der Waals surface area (Å²) in [6, 6.07) is 7.83. The highest BCUT2D eigenvalue weighted by atomic mass is 16.2. The molecule has 1 N–H and O–H groups in total. The molecule has 0 unspecified atom stereocenters. The first kappa shape index (κ1) is 17.0. The Labute approximate surface area is 144 Å². The summed E-state index contributed by atoms with van der Waals surface area (Å²) in [7, 11) is 0. The van der Waals surface area contributed by atoms with E-state index in [0.717, 1.165) is 24.4 Å². The van der Waals surface area contributed by atoms with Gasteiger partial charge in [-0.05, 0) is 49.4 Å². The van der Waals surface area contributed by atoms with Crippen LogP contribution in [0.25, 0.3) is 0 Å². The number of hydrogen-bond donors (Lipinski definition) is 1. The zero-order valence-electron chi connectivity index (χ0n) is 14.5. The summed E-state index contributed by atoms with van der Waals surface area (Å²) in [6.07, 6.45) is 3.56. The van der Waals surface area contributed by atoms with Gasteiger partial charge in [0.15, 0.2) is 0 Å². The van der Waals surface area contributed by atoms with Crippen LogP contribution in [0.1, 0.15) is 35.7 Å². The number of amides is 2. The molecular weight excluding hydrogens is 302 g/mol. The summed E-state index contributed by atoms with van der Waals surface area (Å²) in [6.45, 7) is 5.96. The lowest BCUT2D eigenvalue weighted by atomic mass is 10.1. The molecule has 1 saturated carbocycles. The topological polar surface area (TPSA) is 52.7 Å². The largest absolute Gasteiger partial charge is 0.338 e. The van der Waals surface area contributed by atoms with Gasteiger partial charge in [0, 0.05) is 31.7 Å². The van der Waals surface area contributed by atoms with Gasteiger partial charge in [-0.15, -0.1) is 0 Å². The standard InChI is InChI=1S/C19H27N3O2/c1-2-15-5-7-17(8-6-15)19(24)22-11-9-21(10-12-22)18(23)14-20-13-16-3-4-16/h5-8,16,20H,2-4,9-14H2,1H3. The minimum atomic E-state index is 0.0663. The molecule has 1 aliphatic carbocycles. The molecule has 1 saturated heterocycles. The van der Waals surface area contributed by atoms with E-state index in [1.54, 1.807) is 0 Å². The summed E-state index contributed by atoms with van der Waals surface area (Å²) in [5.41, 5.74) is 1.97. The molecule has 0 radical (unpaired) electrons. The Balaban J connectivity index is 1.44. The third-order valence-electron chi connectivity index (χ3n) is 4.93. The van der Waals surface area contributed by atoms with Crippen LogP contribution in [0.15, 0.2) is 24.3 Å². The smallest absolute Gasteiger partial charge is 0.253 e. The lowest BCUT2D eigenvalue weighted by Gasteiger charge is -2.35. The number of hydrogen-bond acceptors (Lipinski definition) is 3. The maximum atomic E-state index is 12.5. The molecule has 0 aromatic heterocycles. The summed E-state index contributed by atoms with van der Waals surface area (Å²) in [5, 5.41) is 3.24. The highest BCUT2D eigenvalue weighted by molar-refractivity contribution is 5.94. The fraction of sp³-hybridized carbons (Fsp3) is 0.579. The minimum absolute atomic E-state index is 0.0663. The van der Waals surface area contributed by atoms with Crippen molar-refractivity contribution in [2.24, 2.45) is 5.92 Å². The van der Waals surface area contributed by atoms with Crippen molar-refractivity contribution in [2.45, 2.75) is 26.2 Å². The number of nitrogens with one attached hydrogen (secondary N) is 1. The van der Waals surface area contributed by atoms with Crippen molar-refractivity contribution in [3.63, 3.8) is 0 Å². The van der Waals surface area contributed by atoms with Crippen LogP contribution >= 0.6 is 0 Å². The van der Waals surface area contributed by atoms with E-state index in [0.29, 0.717) is 32.7 Å². The van der Waals surface area contributed by atoms with Crippen molar-refractivity contribution < 1.29 is 9.59 Å². The third kappa shape index (κ3) is 4.35. The molecule has 0 bridgehead atoms. The number of carbonyl (C=O) groups excluding carboxylic acids is 2. The zero-order chi connectivity index (χ0) is 16.9. The third-order valence-corrected chi connectivity index (χ3v) is 4.93. The van der Waals surface area contributed by atoms with Crippen molar-refractivity contribution in [3.8, 4) is 0 Å². The Kier molecular flexibility index (Phi) is 5.51. The van der Waals surface area contributed by atoms with E-state index in [9.17, 15) is 9.59 Å². The Bertz CT molecular complexity index is 573. The van der Waals surface area contributed by atoms with Crippen LogP contribution in [0, 0.1) is 5.92 Å². The van der Waals surface area contributed by atoms with Gasteiger partial charge in [-0.1, -0.05) is 19.1 Å². The fourth-order valence-electron chi connectivity index (χ4n) is 3.04. The van der Waals surface area contributed by atoms with Gasteiger partial charge in [-0.3, -0.25) is 9.59 Å². The van der Waals surface area contributed by atoms with Crippen molar-refractivity contribution in [1.29, 1.82) is 0 Å². The zero-order valence-corrected chi connectivity index (χ0v) is 14.5. The van der Waals surface area contributed by atoms with Crippen LogP contribution in [-0.4, -0.2) is 60.9 Å². The molecule has 1 aromatic rings. The maximum absolute atomic E-state index is 12.5. The maximum Gasteiger partial charge on any atom is 0.253 e. The molecule has 1 aliphatic heterocycles. The Morgan fingerprint density at radius 1 is 1.04 bits per heavy atom. The van der Waals surface area contributed by atoms with E-state index in [4.69, 9.17) is 0 Å². The van der Waals surface area contributed by atoms with Crippen LogP contribution in [0.3, 0.4) is 0 Å². The Morgan fingerprint density at radius 2 is 1.67 bits per heavy atom. The van der Waals surface area contributed by atoms with Crippen LogP contribution in [0.5, 0.6) is 0 Å². The second-order valence-electron chi connectivity index (χ2n) is 6.80. The van der Waals surface area contributed by atoms with E-state index in [1.807, 2.05) is 34.1 Å². The van der Waals surface area contributed by atoms with E-state index in [-0.39, 0.29) is 11.8 Å². The van der Waals surface area contributed by atoms with Gasteiger partial charge in [0.2, 0.25) is 5.91 Å². The molecule has 2 aliphatic rings. The van der Waals surface area contributed by atoms with Crippen molar-refractivity contribution in [3.05, 3.63) is 35.4 Å². The van der Waals surface area contributed by atoms with Crippen molar-refractivity contribution in [2.75, 3.05) is 39.3 Å². The number of rotatable bonds is 6. The van der Waals surface area contributed by atoms with Gasteiger partial charge in [0.25, 0.3) is 5.91 Å². The monoisotopic (exact) mass is 329 g/mol. The number of piperazine rings is 1. The van der Waals surface area contributed by atoms with E-state index in [1.165, 1.54) is 18.4 Å². The van der Waals surface area contributed by atoms with Crippen LogP contribution in [-0.2, 0) is 11.2 Å². The van der Waals surface area contributed by atoms with Crippen LogP contribution < -0.4 is 5.32 Å². The summed E-state index contributed by atoms with van der Waals surface area (Å²) in [4.78, 5) is 28.4. The molecule has 1 aromatic carbocycles. The number of carbonyl (C=O) groups is 2. The second-order valence-corrected chi connectivity index (χ2v) is 6.80. The van der Waals surface area contributed by atoms with Gasteiger partial charge in [0.05, 0.1) is 6.54 Å². The SMILES string of the molecule is CCc1ccc(C(=O)N2CCN(C(=O)CNCC3CC3)CC2)cc1. The summed E-state index contributed by atoms with van der Waals surface area (Å²) in [5.74, 6) is 0.998. The first-order valence-corrected chi connectivity index (χ1v) is 9.04. The van der Waals surface area contributed by atoms with Gasteiger partial charge < -0.3 is 15.1 Å². The number of nitrogens with zero attached hydrogens (tertiary/aromatic N) is 2. The molecule has 0 atom stereocenters. The average molecular weight is 329 g/mol. The lowest BCUT2D eigenvalue weighted by molar-refractivity contribution is -0.131. The average Bonchev–Trinajstić information content (AvgIpc) is 3.45. The Hall–Kier alpha value is -1.88. The van der Waals surface area contributed by atoms with Gasteiger partial charge >= 0.3 is 0 Å². The van der Waals surface area contributed by atoms with Crippen LogP contribution in [0.4, 0.5) is 0 Å². The van der Waals surface area contributed by atoms with Crippen molar-refractivity contribution in [1.82, 2.24) is 15.1 Å². The molecule has 24 heavy (non-hydrogen) atoms. The predicted octanol–water partition coefficient (Wildman–Crippen LogP) is 1.53. The molecule has 5 nitrogen and oxygen atoms in total. The van der Waals surface area contributed by atoms with E-state index >= 15 is 0 Å². The molecule has 0 spiro atoms. The number of aryl methyl sites for hydroxylation is 1. The minimum Gasteiger partial charge on any atom is -0.338 e. The molecule has 1 heterocycles. The highest BCUT2D eigenvalue weighted by Crippen LogP contribution is 2.27. The molecule has 2 fully saturated rings. The fourth-order valence-corrected chi connectivity index (χ4v) is 3.04. The molecule has 130 valence electrons. The van der Waals surface area contributed by atoms with Gasteiger partial charge in [-0.2, -0.15) is 0 Å². The molecule has 5 heteroatoms. The highest BCUT2D eigenvalue weighted by Gasteiger charge is 2.25. The van der Waals surface area contributed by atoms with Gasteiger partial charge in [-0.25, -0.2) is 0 Å². The first-order chi connectivity index (χ1) is 11.7.